The van der Waals surface area contributed by atoms with Crippen LogP contribution in [-0.2, 0) is 6.54 Å². The van der Waals surface area contributed by atoms with Crippen LogP contribution >= 0.6 is 23.2 Å². The number of anilines is 1. The van der Waals surface area contributed by atoms with Crippen molar-refractivity contribution in [3.8, 4) is 11.3 Å². The predicted octanol–water partition coefficient (Wildman–Crippen LogP) is 6.65. The predicted molar refractivity (Wildman–Crippen MR) is 136 cm³/mol. The summed E-state index contributed by atoms with van der Waals surface area (Å²) in [5.41, 5.74) is 2.87. The number of hydrogen-bond acceptors (Lipinski definition) is 5. The highest BCUT2D eigenvalue weighted by molar-refractivity contribution is 6.39. The van der Waals surface area contributed by atoms with Crippen molar-refractivity contribution in [2.75, 3.05) is 4.90 Å². The van der Waals surface area contributed by atoms with Crippen molar-refractivity contribution in [3.05, 3.63) is 69.1 Å². The number of benzene rings is 2. The van der Waals surface area contributed by atoms with E-state index in [1.54, 1.807) is 18.2 Å². The quantitative estimate of drug-likeness (QED) is 0.356. The minimum Gasteiger partial charge on any atom is -0.478 e. The van der Waals surface area contributed by atoms with E-state index in [0.717, 1.165) is 55.9 Å². The van der Waals surface area contributed by atoms with Crippen molar-refractivity contribution < 1.29 is 18.8 Å². The molecule has 0 unspecified atom stereocenters. The summed E-state index contributed by atoms with van der Waals surface area (Å²) < 4.78 is 20.6. The van der Waals surface area contributed by atoms with Crippen LogP contribution in [-0.4, -0.2) is 34.4 Å². The average Bonchev–Trinajstić information content (AvgIpc) is 3.56. The molecule has 188 valence electrons. The number of carboxylic acid groups (broad SMARTS) is 1. The minimum atomic E-state index is -1.12. The third-order valence-corrected chi connectivity index (χ3v) is 8.37. The summed E-state index contributed by atoms with van der Waals surface area (Å²) in [7, 11) is 0. The molecule has 0 radical (unpaired) electrons. The second-order valence-corrected chi connectivity index (χ2v) is 10.9. The third-order valence-electron chi connectivity index (χ3n) is 7.74. The summed E-state index contributed by atoms with van der Waals surface area (Å²) in [6, 6.07) is 10.3. The van der Waals surface area contributed by atoms with E-state index in [-0.39, 0.29) is 23.7 Å². The fourth-order valence-corrected chi connectivity index (χ4v) is 6.49. The molecule has 0 spiro atoms. The van der Waals surface area contributed by atoms with Crippen molar-refractivity contribution in [1.82, 2.24) is 10.5 Å². The van der Waals surface area contributed by atoms with Crippen LogP contribution in [0.2, 0.25) is 10.0 Å². The van der Waals surface area contributed by atoms with Crippen LogP contribution in [0.15, 0.2) is 40.9 Å². The van der Waals surface area contributed by atoms with Crippen molar-refractivity contribution in [2.45, 2.75) is 69.1 Å². The smallest absolute Gasteiger partial charge is 0.335 e. The van der Waals surface area contributed by atoms with Crippen molar-refractivity contribution in [3.63, 3.8) is 0 Å². The lowest BCUT2D eigenvalue weighted by molar-refractivity contribution is 0.0696. The Labute approximate surface area is 218 Å². The summed E-state index contributed by atoms with van der Waals surface area (Å²) in [4.78, 5) is 13.4. The molecule has 1 saturated carbocycles. The van der Waals surface area contributed by atoms with Crippen LogP contribution < -0.4 is 10.2 Å². The number of carbonyl (C=O) groups is 1. The number of nitrogens with zero attached hydrogens (tertiary/aromatic N) is 2. The highest BCUT2D eigenvalue weighted by atomic mass is 35.5. The fraction of sp³-hybridized carbons (Fsp3) is 0.407. The van der Waals surface area contributed by atoms with Gasteiger partial charge in [0.15, 0.2) is 0 Å². The van der Waals surface area contributed by atoms with E-state index in [1.165, 1.54) is 6.07 Å². The van der Waals surface area contributed by atoms with E-state index >= 15 is 0 Å². The molecule has 6 rings (SSSR count). The Morgan fingerprint density at radius 3 is 2.42 bits per heavy atom. The van der Waals surface area contributed by atoms with E-state index in [4.69, 9.17) is 32.8 Å². The molecule has 2 bridgehead atoms. The number of carboxylic acids is 1. The number of fused-ring (bicyclic) bond motifs is 2. The summed E-state index contributed by atoms with van der Waals surface area (Å²) in [5, 5.41) is 18.4. The zero-order valence-corrected chi connectivity index (χ0v) is 21.0. The largest absolute Gasteiger partial charge is 0.478 e. The van der Waals surface area contributed by atoms with Crippen LogP contribution in [0.1, 0.15) is 66.1 Å². The molecule has 1 aromatic heterocycles. The Balaban J connectivity index is 1.20. The first kappa shape index (κ1) is 23.8. The lowest BCUT2D eigenvalue weighted by Crippen LogP contribution is -2.49. The molecule has 2 aromatic carbocycles. The number of rotatable bonds is 7. The maximum Gasteiger partial charge on any atom is 0.335 e. The van der Waals surface area contributed by atoms with Crippen LogP contribution in [0.25, 0.3) is 11.3 Å². The molecule has 2 saturated heterocycles. The number of aromatic carboxylic acids is 1. The molecule has 3 aliphatic rings. The Bertz CT molecular complexity index is 1290. The third kappa shape index (κ3) is 4.27. The second kappa shape index (κ2) is 9.36. The van der Waals surface area contributed by atoms with Gasteiger partial charge in [-0.25, -0.2) is 9.18 Å². The monoisotopic (exact) mass is 529 g/mol. The van der Waals surface area contributed by atoms with Gasteiger partial charge in [-0.2, -0.15) is 0 Å². The number of piperidine rings is 1. The SMILES string of the molecule is O=C(O)c1ccc(N2[C@@H]3CC[C@H]2C[C@@H](NCc2c(-c4c(Cl)cccc4Cl)noc2C2CC2)C3)c(F)c1. The van der Waals surface area contributed by atoms with E-state index in [0.29, 0.717) is 39.5 Å². The second-order valence-electron chi connectivity index (χ2n) is 10.1. The summed E-state index contributed by atoms with van der Waals surface area (Å²) >= 11 is 13.0. The molecule has 3 atom stereocenters. The molecule has 0 amide bonds. The first-order valence-electron chi connectivity index (χ1n) is 12.4. The Kier molecular flexibility index (Phi) is 6.18. The molecule has 1 aliphatic carbocycles. The van der Waals surface area contributed by atoms with E-state index in [9.17, 15) is 9.18 Å². The summed E-state index contributed by atoms with van der Waals surface area (Å²) in [5.74, 6) is -0.297. The zero-order valence-electron chi connectivity index (χ0n) is 19.5. The molecule has 2 aliphatic heterocycles. The first-order chi connectivity index (χ1) is 17.4. The molecule has 6 nitrogen and oxygen atoms in total. The molecule has 3 heterocycles. The van der Waals surface area contributed by atoms with Gasteiger partial charge in [-0.05, 0) is 68.9 Å². The van der Waals surface area contributed by atoms with Crippen LogP contribution in [0.4, 0.5) is 10.1 Å². The zero-order chi connectivity index (χ0) is 25.0. The molecule has 2 N–H and O–H groups in total. The van der Waals surface area contributed by atoms with E-state index < -0.39 is 11.8 Å². The van der Waals surface area contributed by atoms with Gasteiger partial charge in [-0.15, -0.1) is 0 Å². The van der Waals surface area contributed by atoms with Gasteiger partial charge in [-0.1, -0.05) is 34.4 Å². The van der Waals surface area contributed by atoms with Gasteiger partial charge in [0.1, 0.15) is 17.3 Å². The molecular formula is C27H26Cl2FN3O3. The first-order valence-corrected chi connectivity index (χ1v) is 13.1. The van der Waals surface area contributed by atoms with Crippen LogP contribution in [0.3, 0.4) is 0 Å². The number of aromatic nitrogens is 1. The lowest BCUT2D eigenvalue weighted by atomic mass is 9.95. The van der Waals surface area contributed by atoms with Gasteiger partial charge < -0.3 is 19.8 Å². The highest BCUT2D eigenvalue weighted by Gasteiger charge is 2.42. The highest BCUT2D eigenvalue weighted by Crippen LogP contribution is 2.46. The van der Waals surface area contributed by atoms with Crippen molar-refractivity contribution >= 4 is 34.9 Å². The normalized spacial score (nSPS) is 23.3. The standard InChI is InChI=1S/C27H26Cl2FN3O3/c28-20-2-1-3-21(29)24(20)25-19(26(36-32-25)14-4-5-14)13-31-16-11-17-7-8-18(12-16)33(17)23-9-6-15(27(34)35)10-22(23)30/h1-3,6,9-10,14,16-18,31H,4-5,7-8,11-13H2,(H,34,35)/t16-,17+,18-. The summed E-state index contributed by atoms with van der Waals surface area (Å²) in [6.45, 7) is 0.595. The lowest BCUT2D eigenvalue weighted by Gasteiger charge is -2.41. The van der Waals surface area contributed by atoms with Crippen LogP contribution in [0.5, 0.6) is 0 Å². The maximum atomic E-state index is 14.8. The number of halogens is 3. The van der Waals surface area contributed by atoms with Gasteiger partial charge in [0.2, 0.25) is 0 Å². The number of nitrogens with one attached hydrogen (secondary N) is 1. The topological polar surface area (TPSA) is 78.6 Å². The van der Waals surface area contributed by atoms with Gasteiger partial charge >= 0.3 is 5.97 Å². The average molecular weight is 530 g/mol. The van der Waals surface area contributed by atoms with E-state index in [1.807, 2.05) is 6.07 Å². The molecule has 3 aromatic rings. The van der Waals surface area contributed by atoms with E-state index in [2.05, 4.69) is 15.4 Å². The maximum absolute atomic E-state index is 14.8. The van der Waals surface area contributed by atoms with Gasteiger partial charge in [0.25, 0.3) is 0 Å². The Hall–Kier alpha value is -2.61. The van der Waals surface area contributed by atoms with Crippen molar-refractivity contribution in [1.29, 1.82) is 0 Å². The minimum absolute atomic E-state index is 0.0326. The molecule has 3 fully saturated rings. The van der Waals surface area contributed by atoms with Crippen LogP contribution in [0, 0.1) is 5.82 Å². The van der Waals surface area contributed by atoms with Crippen molar-refractivity contribution in [2.24, 2.45) is 0 Å². The fourth-order valence-electron chi connectivity index (χ4n) is 5.91. The van der Waals surface area contributed by atoms with Gasteiger partial charge in [0.05, 0.1) is 21.3 Å². The number of hydrogen-bond donors (Lipinski definition) is 2. The van der Waals surface area contributed by atoms with Gasteiger partial charge in [0, 0.05) is 41.7 Å². The Morgan fingerprint density at radius 1 is 1.11 bits per heavy atom. The van der Waals surface area contributed by atoms with Gasteiger partial charge in [-0.3, -0.25) is 0 Å². The molecular weight excluding hydrogens is 504 g/mol. The Morgan fingerprint density at radius 2 is 1.81 bits per heavy atom. The summed E-state index contributed by atoms with van der Waals surface area (Å²) in [6.07, 6.45) is 5.92. The molecule has 9 heteroatoms. The molecule has 36 heavy (non-hydrogen) atoms.